The number of rotatable bonds is 7. The van der Waals surface area contributed by atoms with Gasteiger partial charge in [0.1, 0.15) is 5.65 Å². The lowest BCUT2D eigenvalue weighted by molar-refractivity contribution is 0.0383. The summed E-state index contributed by atoms with van der Waals surface area (Å²) in [6, 6.07) is 11.4. The number of aromatic amines is 1. The number of pyridine rings is 1. The van der Waals surface area contributed by atoms with Crippen LogP contribution in [0.1, 0.15) is 27.9 Å². The van der Waals surface area contributed by atoms with E-state index in [0.29, 0.717) is 31.7 Å². The molecule has 3 N–H and O–H groups in total. The van der Waals surface area contributed by atoms with Crippen molar-refractivity contribution in [1.29, 1.82) is 0 Å². The van der Waals surface area contributed by atoms with Crippen molar-refractivity contribution in [3.8, 4) is 0 Å². The Morgan fingerprint density at radius 3 is 2.81 bits per heavy atom. The van der Waals surface area contributed by atoms with Crippen LogP contribution in [0.2, 0.25) is 0 Å². The molecule has 0 atom stereocenters. The number of morpholine rings is 1. The van der Waals surface area contributed by atoms with E-state index in [0.717, 1.165) is 61.4 Å². The average molecular weight is 489 g/mol. The SMILES string of the molecule is O=C(NCCN1CCOCC1)c1cccc(CNC(=O)N2CC=C(c3cnc4[nH]ccc4c3)CC2)c1. The number of carbonyl (C=O) groups is 2. The average Bonchev–Trinajstić information content (AvgIpc) is 3.41. The first-order valence-electron chi connectivity index (χ1n) is 12.5. The van der Waals surface area contributed by atoms with Crippen molar-refractivity contribution < 1.29 is 14.3 Å². The molecule has 0 bridgehead atoms. The first-order valence-corrected chi connectivity index (χ1v) is 12.5. The molecular weight excluding hydrogens is 456 g/mol. The molecular formula is C27H32N6O3. The molecule has 9 nitrogen and oxygen atoms in total. The molecule has 0 spiro atoms. The van der Waals surface area contributed by atoms with Crippen molar-refractivity contribution in [3.05, 3.63) is 71.6 Å². The second kappa shape index (κ2) is 11.4. The molecule has 1 saturated heterocycles. The first kappa shape index (κ1) is 24.0. The molecule has 2 aliphatic rings. The number of urea groups is 1. The van der Waals surface area contributed by atoms with Crippen LogP contribution in [0.15, 0.2) is 54.9 Å². The van der Waals surface area contributed by atoms with Crippen LogP contribution >= 0.6 is 0 Å². The van der Waals surface area contributed by atoms with E-state index in [1.807, 2.05) is 36.7 Å². The number of H-pyrrole nitrogens is 1. The molecule has 1 aromatic carbocycles. The normalized spacial score (nSPS) is 16.6. The number of hydrogen-bond donors (Lipinski definition) is 3. The predicted octanol–water partition coefficient (Wildman–Crippen LogP) is 2.62. The van der Waals surface area contributed by atoms with Crippen LogP contribution in [0, 0.1) is 0 Å². The number of nitrogens with one attached hydrogen (secondary N) is 3. The van der Waals surface area contributed by atoms with E-state index in [2.05, 4.69) is 37.6 Å². The highest BCUT2D eigenvalue weighted by molar-refractivity contribution is 5.94. The summed E-state index contributed by atoms with van der Waals surface area (Å²) in [4.78, 5) is 37.0. The van der Waals surface area contributed by atoms with Gasteiger partial charge in [-0.2, -0.15) is 0 Å². The zero-order valence-electron chi connectivity index (χ0n) is 20.3. The molecule has 188 valence electrons. The quantitative estimate of drug-likeness (QED) is 0.475. The smallest absolute Gasteiger partial charge is 0.317 e. The number of benzene rings is 1. The van der Waals surface area contributed by atoms with Gasteiger partial charge in [-0.1, -0.05) is 18.2 Å². The van der Waals surface area contributed by atoms with Crippen molar-refractivity contribution in [2.24, 2.45) is 0 Å². The second-order valence-electron chi connectivity index (χ2n) is 9.13. The first-order chi connectivity index (χ1) is 17.7. The Labute approximate surface area is 210 Å². The highest BCUT2D eigenvalue weighted by atomic mass is 16.5. The van der Waals surface area contributed by atoms with Gasteiger partial charge in [0, 0.05) is 69.2 Å². The van der Waals surface area contributed by atoms with Gasteiger partial charge in [-0.15, -0.1) is 0 Å². The van der Waals surface area contributed by atoms with Crippen molar-refractivity contribution >= 4 is 28.5 Å². The lowest BCUT2D eigenvalue weighted by Crippen LogP contribution is -2.42. The summed E-state index contributed by atoms with van der Waals surface area (Å²) >= 11 is 0. The number of amides is 3. The van der Waals surface area contributed by atoms with Crippen molar-refractivity contribution in [3.63, 3.8) is 0 Å². The maximum atomic E-state index is 12.7. The second-order valence-corrected chi connectivity index (χ2v) is 9.13. The number of aromatic nitrogens is 2. The van der Waals surface area contributed by atoms with E-state index in [1.165, 1.54) is 5.57 Å². The molecule has 2 aromatic heterocycles. The van der Waals surface area contributed by atoms with E-state index in [-0.39, 0.29) is 11.9 Å². The Bertz CT molecular complexity index is 1250. The van der Waals surface area contributed by atoms with Crippen LogP contribution < -0.4 is 10.6 Å². The van der Waals surface area contributed by atoms with Crippen LogP contribution in [0.4, 0.5) is 4.79 Å². The Hall–Kier alpha value is -3.69. The summed E-state index contributed by atoms with van der Waals surface area (Å²) in [7, 11) is 0. The monoisotopic (exact) mass is 488 g/mol. The maximum Gasteiger partial charge on any atom is 0.317 e. The fourth-order valence-corrected chi connectivity index (χ4v) is 4.60. The highest BCUT2D eigenvalue weighted by Crippen LogP contribution is 2.24. The third-order valence-electron chi connectivity index (χ3n) is 6.72. The minimum Gasteiger partial charge on any atom is -0.379 e. The minimum absolute atomic E-state index is 0.0996. The minimum atomic E-state index is -0.107. The third kappa shape index (κ3) is 5.92. The molecule has 3 amide bonds. The highest BCUT2D eigenvalue weighted by Gasteiger charge is 2.18. The summed E-state index contributed by atoms with van der Waals surface area (Å²) < 4.78 is 5.35. The molecule has 0 unspecified atom stereocenters. The molecule has 0 saturated carbocycles. The van der Waals surface area contributed by atoms with Crippen LogP contribution in [0.25, 0.3) is 16.6 Å². The van der Waals surface area contributed by atoms with Gasteiger partial charge in [0.2, 0.25) is 0 Å². The number of fused-ring (bicyclic) bond motifs is 1. The van der Waals surface area contributed by atoms with Gasteiger partial charge in [-0.3, -0.25) is 9.69 Å². The van der Waals surface area contributed by atoms with Gasteiger partial charge in [-0.05, 0) is 47.4 Å². The summed E-state index contributed by atoms with van der Waals surface area (Å²) in [6.45, 7) is 6.28. The fraction of sp³-hybridized carbons (Fsp3) is 0.370. The number of hydrogen-bond acceptors (Lipinski definition) is 5. The van der Waals surface area contributed by atoms with Gasteiger partial charge < -0.3 is 25.3 Å². The topological polar surface area (TPSA) is 103 Å². The molecule has 4 heterocycles. The zero-order chi connectivity index (χ0) is 24.7. The molecule has 9 heteroatoms. The molecule has 1 fully saturated rings. The number of carbonyl (C=O) groups excluding carboxylic acids is 2. The number of nitrogens with zero attached hydrogens (tertiary/aromatic N) is 3. The van der Waals surface area contributed by atoms with E-state index >= 15 is 0 Å². The van der Waals surface area contributed by atoms with E-state index in [4.69, 9.17) is 4.74 Å². The van der Waals surface area contributed by atoms with Gasteiger partial charge in [0.25, 0.3) is 5.91 Å². The zero-order valence-corrected chi connectivity index (χ0v) is 20.3. The molecule has 2 aliphatic heterocycles. The van der Waals surface area contributed by atoms with E-state index < -0.39 is 0 Å². The lowest BCUT2D eigenvalue weighted by atomic mass is 10.0. The van der Waals surface area contributed by atoms with Crippen LogP contribution in [0.3, 0.4) is 0 Å². The Morgan fingerprint density at radius 2 is 1.97 bits per heavy atom. The summed E-state index contributed by atoms with van der Waals surface area (Å²) in [5, 5.41) is 7.06. The third-order valence-corrected chi connectivity index (χ3v) is 6.72. The van der Waals surface area contributed by atoms with E-state index in [9.17, 15) is 9.59 Å². The van der Waals surface area contributed by atoms with Gasteiger partial charge in [-0.25, -0.2) is 9.78 Å². The maximum absolute atomic E-state index is 12.7. The van der Waals surface area contributed by atoms with Gasteiger partial charge >= 0.3 is 6.03 Å². The predicted molar refractivity (Wildman–Crippen MR) is 139 cm³/mol. The van der Waals surface area contributed by atoms with Crippen LogP contribution in [0.5, 0.6) is 0 Å². The Kier molecular flexibility index (Phi) is 7.58. The summed E-state index contributed by atoms with van der Waals surface area (Å²) in [5.74, 6) is -0.0996. The van der Waals surface area contributed by atoms with E-state index in [1.54, 1.807) is 11.0 Å². The van der Waals surface area contributed by atoms with Crippen LogP contribution in [-0.4, -0.2) is 84.2 Å². The standard InChI is InChI=1S/C27H32N6O3/c34-26(29-8-11-32-12-14-36-15-13-32)23-3-1-2-20(16-23)18-31-27(35)33-9-5-21(6-10-33)24-17-22-4-7-28-25(22)30-19-24/h1-5,7,16-17,19H,6,8-15,18H2,(H,28,30)(H,29,34)(H,31,35). The van der Waals surface area contributed by atoms with Crippen molar-refractivity contribution in [1.82, 2.24) is 30.4 Å². The Morgan fingerprint density at radius 1 is 1.08 bits per heavy atom. The Balaban J connectivity index is 1.09. The molecule has 0 radical (unpaired) electrons. The van der Waals surface area contributed by atoms with Crippen molar-refractivity contribution in [2.75, 3.05) is 52.5 Å². The number of ether oxygens (including phenoxy) is 1. The molecule has 36 heavy (non-hydrogen) atoms. The van der Waals surface area contributed by atoms with Gasteiger partial charge in [0.05, 0.1) is 13.2 Å². The van der Waals surface area contributed by atoms with Gasteiger partial charge in [0.15, 0.2) is 0 Å². The molecule has 5 rings (SSSR count). The molecule has 0 aliphatic carbocycles. The van der Waals surface area contributed by atoms with Crippen LogP contribution in [-0.2, 0) is 11.3 Å². The van der Waals surface area contributed by atoms with Crippen molar-refractivity contribution in [2.45, 2.75) is 13.0 Å². The lowest BCUT2D eigenvalue weighted by Gasteiger charge is -2.27. The summed E-state index contributed by atoms with van der Waals surface area (Å²) in [6.07, 6.45) is 6.65. The largest absolute Gasteiger partial charge is 0.379 e. The fourth-order valence-electron chi connectivity index (χ4n) is 4.60. The molecule has 3 aromatic rings. The summed E-state index contributed by atoms with van der Waals surface area (Å²) in [5.41, 5.74) is 4.68.